The highest BCUT2D eigenvalue weighted by Crippen LogP contribution is 2.25. The lowest BCUT2D eigenvalue weighted by Crippen LogP contribution is -2.32. The summed E-state index contributed by atoms with van der Waals surface area (Å²) < 4.78 is 1.17. The number of unbranched alkanes of at least 4 members (excludes halogenated alkanes) is 1. The molecule has 0 heterocycles. The highest BCUT2D eigenvalue weighted by Gasteiger charge is 2.14. The van der Waals surface area contributed by atoms with Gasteiger partial charge in [0.25, 0.3) is 0 Å². The lowest BCUT2D eigenvalue weighted by atomic mass is 10.0. The van der Waals surface area contributed by atoms with Gasteiger partial charge in [-0.15, -0.1) is 0 Å². The van der Waals surface area contributed by atoms with Gasteiger partial charge in [0.2, 0.25) is 0 Å². The normalized spacial score (nSPS) is 12.8. The minimum atomic E-state index is 0.241. The highest BCUT2D eigenvalue weighted by atomic mass is 79.9. The van der Waals surface area contributed by atoms with E-state index in [1.54, 1.807) is 0 Å². The van der Waals surface area contributed by atoms with Crippen molar-refractivity contribution in [3.63, 3.8) is 0 Å². The number of halogens is 1. The SMILES string of the molecule is CCCCN(CCO)CCC(NCC)c1ccccc1Br. The summed E-state index contributed by atoms with van der Waals surface area (Å²) in [4.78, 5) is 2.37. The number of hydrogen-bond acceptors (Lipinski definition) is 3. The summed E-state index contributed by atoms with van der Waals surface area (Å²) in [6.45, 7) is 8.41. The van der Waals surface area contributed by atoms with Gasteiger partial charge in [0.05, 0.1) is 6.61 Å². The van der Waals surface area contributed by atoms with Crippen LogP contribution in [0.4, 0.5) is 0 Å². The van der Waals surface area contributed by atoms with Crippen LogP contribution in [0.5, 0.6) is 0 Å². The molecule has 0 aliphatic carbocycles. The van der Waals surface area contributed by atoms with Gasteiger partial charge in [0.1, 0.15) is 0 Å². The van der Waals surface area contributed by atoms with E-state index in [1.165, 1.54) is 22.9 Å². The fraction of sp³-hybridized carbons (Fsp3) is 0.647. The zero-order valence-corrected chi connectivity index (χ0v) is 14.9. The first-order chi connectivity index (χ1) is 10.2. The second-order valence-corrected chi connectivity index (χ2v) is 6.19. The number of nitrogens with one attached hydrogen (secondary N) is 1. The molecule has 1 rings (SSSR count). The van der Waals surface area contributed by atoms with Crippen molar-refractivity contribution in [2.75, 3.05) is 32.8 Å². The summed E-state index contributed by atoms with van der Waals surface area (Å²) in [5.41, 5.74) is 1.32. The minimum Gasteiger partial charge on any atom is -0.395 e. The first-order valence-corrected chi connectivity index (χ1v) is 8.83. The molecule has 0 saturated heterocycles. The lowest BCUT2D eigenvalue weighted by molar-refractivity contribution is 0.187. The van der Waals surface area contributed by atoms with Crippen molar-refractivity contribution in [3.05, 3.63) is 34.3 Å². The molecule has 0 aliphatic rings. The van der Waals surface area contributed by atoms with Crippen molar-refractivity contribution in [1.29, 1.82) is 0 Å². The predicted octanol–water partition coefficient (Wildman–Crippen LogP) is 3.58. The first-order valence-electron chi connectivity index (χ1n) is 8.03. The molecule has 1 unspecified atom stereocenters. The molecular formula is C17H29BrN2O. The molecule has 0 spiro atoms. The van der Waals surface area contributed by atoms with Crippen molar-refractivity contribution in [3.8, 4) is 0 Å². The van der Waals surface area contributed by atoms with Crippen molar-refractivity contribution in [2.24, 2.45) is 0 Å². The number of rotatable bonds is 11. The van der Waals surface area contributed by atoms with E-state index in [4.69, 9.17) is 0 Å². The van der Waals surface area contributed by atoms with Crippen LogP contribution in [0.3, 0.4) is 0 Å². The second-order valence-electron chi connectivity index (χ2n) is 5.34. The zero-order valence-electron chi connectivity index (χ0n) is 13.3. The Bertz CT molecular complexity index is 387. The Hall–Kier alpha value is -0.420. The average Bonchev–Trinajstić information content (AvgIpc) is 2.49. The molecule has 2 N–H and O–H groups in total. The average molecular weight is 357 g/mol. The van der Waals surface area contributed by atoms with Gasteiger partial charge in [-0.05, 0) is 37.6 Å². The van der Waals surface area contributed by atoms with Crippen LogP contribution in [-0.2, 0) is 0 Å². The Labute approximate surface area is 137 Å². The zero-order chi connectivity index (χ0) is 15.5. The third-order valence-electron chi connectivity index (χ3n) is 3.71. The van der Waals surface area contributed by atoms with Gasteiger partial charge in [-0.2, -0.15) is 0 Å². The van der Waals surface area contributed by atoms with E-state index in [-0.39, 0.29) is 6.61 Å². The smallest absolute Gasteiger partial charge is 0.0558 e. The Balaban J connectivity index is 2.62. The molecule has 0 amide bonds. The van der Waals surface area contributed by atoms with Gasteiger partial charge in [-0.1, -0.05) is 54.4 Å². The quantitative estimate of drug-likeness (QED) is 0.635. The first kappa shape index (κ1) is 18.6. The molecule has 120 valence electrons. The largest absolute Gasteiger partial charge is 0.395 e. The maximum atomic E-state index is 9.20. The van der Waals surface area contributed by atoms with Crippen LogP contribution in [0.1, 0.15) is 44.7 Å². The van der Waals surface area contributed by atoms with Crippen LogP contribution < -0.4 is 5.32 Å². The van der Waals surface area contributed by atoms with Crippen LogP contribution in [0, 0.1) is 0 Å². The monoisotopic (exact) mass is 356 g/mol. The van der Waals surface area contributed by atoms with Crippen LogP contribution in [-0.4, -0.2) is 42.8 Å². The van der Waals surface area contributed by atoms with Crippen LogP contribution in [0.25, 0.3) is 0 Å². The summed E-state index contributed by atoms with van der Waals surface area (Å²) >= 11 is 3.65. The predicted molar refractivity (Wildman–Crippen MR) is 93.6 cm³/mol. The maximum absolute atomic E-state index is 9.20. The lowest BCUT2D eigenvalue weighted by Gasteiger charge is -2.25. The molecule has 0 fully saturated rings. The molecule has 4 heteroatoms. The molecule has 3 nitrogen and oxygen atoms in total. The molecule has 0 aromatic heterocycles. The summed E-state index contributed by atoms with van der Waals surface area (Å²) in [5, 5.41) is 12.8. The number of aliphatic hydroxyl groups is 1. The van der Waals surface area contributed by atoms with Gasteiger partial charge >= 0.3 is 0 Å². The van der Waals surface area contributed by atoms with Gasteiger partial charge in [0, 0.05) is 23.6 Å². The van der Waals surface area contributed by atoms with E-state index in [0.29, 0.717) is 6.04 Å². The molecule has 1 atom stereocenters. The fourth-order valence-corrected chi connectivity index (χ4v) is 3.10. The van der Waals surface area contributed by atoms with Gasteiger partial charge in [-0.25, -0.2) is 0 Å². The van der Waals surface area contributed by atoms with Crippen LogP contribution in [0.15, 0.2) is 28.7 Å². The number of nitrogens with zero attached hydrogens (tertiary/aromatic N) is 1. The van der Waals surface area contributed by atoms with Crippen LogP contribution >= 0.6 is 15.9 Å². The van der Waals surface area contributed by atoms with Gasteiger partial charge in [0.15, 0.2) is 0 Å². The molecule has 0 bridgehead atoms. The topological polar surface area (TPSA) is 35.5 Å². The molecule has 1 aromatic rings. The van der Waals surface area contributed by atoms with E-state index >= 15 is 0 Å². The summed E-state index contributed by atoms with van der Waals surface area (Å²) in [6, 6.07) is 8.78. The van der Waals surface area contributed by atoms with E-state index in [9.17, 15) is 5.11 Å². The van der Waals surface area contributed by atoms with Crippen molar-refractivity contribution >= 4 is 15.9 Å². The molecule has 0 aliphatic heterocycles. The van der Waals surface area contributed by atoms with Gasteiger partial charge < -0.3 is 15.3 Å². The molecule has 0 saturated carbocycles. The van der Waals surface area contributed by atoms with Gasteiger partial charge in [-0.3, -0.25) is 0 Å². The Kier molecular flexibility index (Phi) is 9.92. The Morgan fingerprint density at radius 2 is 1.95 bits per heavy atom. The summed E-state index contributed by atoms with van der Waals surface area (Å²) in [7, 11) is 0. The standard InChI is InChI=1S/C17H29BrN2O/c1-3-5-11-20(13-14-21)12-10-17(19-4-2)15-8-6-7-9-16(15)18/h6-9,17,19,21H,3-5,10-14H2,1-2H3. The maximum Gasteiger partial charge on any atom is 0.0558 e. The number of aliphatic hydroxyl groups excluding tert-OH is 1. The third-order valence-corrected chi connectivity index (χ3v) is 4.43. The minimum absolute atomic E-state index is 0.241. The third kappa shape index (κ3) is 6.92. The summed E-state index contributed by atoms with van der Waals surface area (Å²) in [6.07, 6.45) is 3.45. The molecule has 1 aromatic carbocycles. The molecule has 21 heavy (non-hydrogen) atoms. The summed E-state index contributed by atoms with van der Waals surface area (Å²) in [5.74, 6) is 0. The number of benzene rings is 1. The Morgan fingerprint density at radius 3 is 2.57 bits per heavy atom. The Morgan fingerprint density at radius 1 is 1.19 bits per heavy atom. The van der Waals surface area contributed by atoms with Crippen molar-refractivity contribution in [1.82, 2.24) is 10.2 Å². The van der Waals surface area contributed by atoms with E-state index in [1.807, 2.05) is 0 Å². The van der Waals surface area contributed by atoms with Crippen LogP contribution in [0.2, 0.25) is 0 Å². The van der Waals surface area contributed by atoms with E-state index < -0.39 is 0 Å². The second kappa shape index (κ2) is 11.2. The van der Waals surface area contributed by atoms with E-state index in [0.717, 1.165) is 32.6 Å². The highest BCUT2D eigenvalue weighted by molar-refractivity contribution is 9.10. The van der Waals surface area contributed by atoms with Crippen molar-refractivity contribution in [2.45, 2.75) is 39.2 Å². The van der Waals surface area contributed by atoms with Crippen molar-refractivity contribution < 1.29 is 5.11 Å². The van der Waals surface area contributed by atoms with E-state index in [2.05, 4.69) is 64.3 Å². The molecule has 0 radical (unpaired) electrons. The fourth-order valence-electron chi connectivity index (χ4n) is 2.54. The molecular weight excluding hydrogens is 328 g/mol. The number of hydrogen-bond donors (Lipinski definition) is 2.